The van der Waals surface area contributed by atoms with Crippen molar-refractivity contribution >= 4 is 40.3 Å². The summed E-state index contributed by atoms with van der Waals surface area (Å²) in [7, 11) is 1.54. The number of hydrogen-bond acceptors (Lipinski definition) is 5. The molecule has 0 aliphatic carbocycles. The molecule has 6 heteroatoms. The molecule has 0 unspecified atom stereocenters. The van der Waals surface area contributed by atoms with E-state index in [4.69, 9.17) is 17.0 Å². The Kier molecular flexibility index (Phi) is 3.35. The number of amides is 1. The highest BCUT2D eigenvalue weighted by Crippen LogP contribution is 2.30. The number of hydrogen-bond donors (Lipinski definition) is 2. The van der Waals surface area contributed by atoms with Gasteiger partial charge in [0.2, 0.25) is 0 Å². The Balaban J connectivity index is 2.38. The smallest absolute Gasteiger partial charge is 0.263 e. The van der Waals surface area contributed by atoms with Gasteiger partial charge in [-0.2, -0.15) is 0 Å². The zero-order valence-electron chi connectivity index (χ0n) is 8.89. The molecule has 0 aromatic heterocycles. The van der Waals surface area contributed by atoms with Gasteiger partial charge in [0, 0.05) is 5.56 Å². The molecular formula is C11H9NO3S2. The van der Waals surface area contributed by atoms with E-state index in [0.717, 1.165) is 0 Å². The highest BCUT2D eigenvalue weighted by atomic mass is 32.2. The van der Waals surface area contributed by atoms with Crippen LogP contribution >= 0.6 is 24.0 Å². The van der Waals surface area contributed by atoms with Crippen molar-refractivity contribution in [3.8, 4) is 11.5 Å². The van der Waals surface area contributed by atoms with Crippen LogP contribution in [0.4, 0.5) is 0 Å². The van der Waals surface area contributed by atoms with Crippen LogP contribution in [0, 0.1) is 0 Å². The molecule has 0 bridgehead atoms. The van der Waals surface area contributed by atoms with Crippen molar-refractivity contribution in [1.29, 1.82) is 0 Å². The second kappa shape index (κ2) is 4.77. The lowest BCUT2D eigenvalue weighted by Crippen LogP contribution is -2.17. The van der Waals surface area contributed by atoms with Crippen LogP contribution in [0.5, 0.6) is 11.5 Å². The van der Waals surface area contributed by atoms with Gasteiger partial charge in [-0.05, 0) is 24.3 Å². The molecule has 2 N–H and O–H groups in total. The predicted molar refractivity (Wildman–Crippen MR) is 71.0 cm³/mol. The number of rotatable bonds is 2. The predicted octanol–water partition coefficient (Wildman–Crippen LogP) is 1.89. The fourth-order valence-corrected chi connectivity index (χ4v) is 2.37. The maximum Gasteiger partial charge on any atom is 0.263 e. The minimum absolute atomic E-state index is 0.0875. The molecule has 17 heavy (non-hydrogen) atoms. The number of benzene rings is 1. The summed E-state index contributed by atoms with van der Waals surface area (Å²) in [4.78, 5) is 11.9. The first-order chi connectivity index (χ1) is 8.10. The van der Waals surface area contributed by atoms with E-state index >= 15 is 0 Å². The van der Waals surface area contributed by atoms with Crippen LogP contribution in [-0.4, -0.2) is 22.4 Å². The van der Waals surface area contributed by atoms with Crippen LogP contribution in [-0.2, 0) is 4.79 Å². The molecule has 0 spiro atoms. The highest BCUT2D eigenvalue weighted by Gasteiger charge is 2.22. The molecule has 1 fully saturated rings. The first-order valence-corrected chi connectivity index (χ1v) is 5.94. The molecule has 2 rings (SSSR count). The number of thiocarbonyl (C=S) groups is 1. The third-order valence-corrected chi connectivity index (χ3v) is 3.33. The number of phenols is 1. The van der Waals surface area contributed by atoms with Gasteiger partial charge in [0.05, 0.1) is 12.0 Å². The molecular weight excluding hydrogens is 258 g/mol. The molecule has 1 aromatic carbocycles. The Morgan fingerprint density at radius 1 is 1.53 bits per heavy atom. The Hall–Kier alpha value is -1.53. The van der Waals surface area contributed by atoms with E-state index in [1.165, 1.54) is 24.9 Å². The Labute approximate surface area is 108 Å². The largest absolute Gasteiger partial charge is 0.507 e. The van der Waals surface area contributed by atoms with Crippen molar-refractivity contribution in [2.24, 2.45) is 0 Å². The number of carbonyl (C=O) groups is 1. The van der Waals surface area contributed by atoms with Gasteiger partial charge >= 0.3 is 0 Å². The second-order valence-corrected chi connectivity index (χ2v) is 5.00. The molecule has 4 nitrogen and oxygen atoms in total. The summed E-state index contributed by atoms with van der Waals surface area (Å²) < 4.78 is 5.47. The van der Waals surface area contributed by atoms with Gasteiger partial charge in [-0.3, -0.25) is 4.79 Å². The number of phenolic OH excluding ortho intramolecular Hbond substituents is 1. The van der Waals surface area contributed by atoms with Crippen LogP contribution in [0.15, 0.2) is 23.1 Å². The third kappa shape index (κ3) is 2.59. The Morgan fingerprint density at radius 3 is 2.88 bits per heavy atom. The lowest BCUT2D eigenvalue weighted by atomic mass is 10.1. The van der Waals surface area contributed by atoms with Crippen LogP contribution in [0.25, 0.3) is 6.08 Å². The van der Waals surface area contributed by atoms with E-state index in [1.54, 1.807) is 18.2 Å². The van der Waals surface area contributed by atoms with E-state index < -0.39 is 0 Å². The quantitative estimate of drug-likeness (QED) is 0.633. The van der Waals surface area contributed by atoms with Gasteiger partial charge in [0.25, 0.3) is 5.91 Å². The van der Waals surface area contributed by atoms with Gasteiger partial charge in [-0.25, -0.2) is 0 Å². The summed E-state index contributed by atoms with van der Waals surface area (Å²) in [5, 5.41) is 12.2. The molecule has 1 saturated heterocycles. The van der Waals surface area contributed by atoms with Crippen LogP contribution in [0.3, 0.4) is 0 Å². The third-order valence-electron chi connectivity index (χ3n) is 2.16. The molecule has 0 saturated carbocycles. The van der Waals surface area contributed by atoms with Gasteiger partial charge < -0.3 is 15.2 Å². The monoisotopic (exact) mass is 267 g/mol. The van der Waals surface area contributed by atoms with Gasteiger partial charge in [-0.1, -0.05) is 24.0 Å². The van der Waals surface area contributed by atoms with E-state index in [1.807, 2.05) is 0 Å². The van der Waals surface area contributed by atoms with Crippen molar-refractivity contribution in [2.75, 3.05) is 7.11 Å². The van der Waals surface area contributed by atoms with Crippen molar-refractivity contribution in [3.63, 3.8) is 0 Å². The maximum absolute atomic E-state index is 11.5. The Morgan fingerprint density at radius 2 is 2.29 bits per heavy atom. The fraction of sp³-hybridized carbons (Fsp3) is 0.0909. The summed E-state index contributed by atoms with van der Waals surface area (Å²) in [5.41, 5.74) is 0.520. The number of ether oxygens (including phenoxy) is 1. The molecule has 1 amide bonds. The van der Waals surface area contributed by atoms with Crippen LogP contribution < -0.4 is 10.1 Å². The molecule has 88 valence electrons. The van der Waals surface area contributed by atoms with E-state index in [0.29, 0.717) is 20.5 Å². The summed E-state index contributed by atoms with van der Waals surface area (Å²) >= 11 is 6.04. The number of methoxy groups -OCH3 is 1. The molecule has 0 radical (unpaired) electrons. The van der Waals surface area contributed by atoms with Crippen molar-refractivity contribution in [2.45, 2.75) is 0 Å². The highest BCUT2D eigenvalue weighted by molar-refractivity contribution is 8.26. The first kappa shape index (κ1) is 11.9. The maximum atomic E-state index is 11.5. The average molecular weight is 267 g/mol. The van der Waals surface area contributed by atoms with Crippen molar-refractivity contribution in [3.05, 3.63) is 28.7 Å². The molecule has 1 aliphatic rings. The summed E-state index contributed by atoms with van der Waals surface area (Å²) in [6.07, 6.45) is 1.58. The lowest BCUT2D eigenvalue weighted by molar-refractivity contribution is -0.115. The average Bonchev–Trinajstić information content (AvgIpc) is 2.60. The van der Waals surface area contributed by atoms with Crippen molar-refractivity contribution < 1.29 is 14.6 Å². The minimum atomic E-state index is -0.248. The molecule has 0 atom stereocenters. The second-order valence-electron chi connectivity index (χ2n) is 3.28. The fourth-order valence-electron chi connectivity index (χ4n) is 1.34. The number of thioether (sulfide) groups is 1. The van der Waals surface area contributed by atoms with E-state index in [9.17, 15) is 9.90 Å². The van der Waals surface area contributed by atoms with Gasteiger partial charge in [0.15, 0.2) is 0 Å². The summed E-state index contributed by atoms with van der Waals surface area (Å²) in [5.74, 6) is 0.451. The number of aromatic hydroxyl groups is 1. The normalized spacial score (nSPS) is 17.4. The number of carbonyl (C=O) groups excluding carboxylic acids is 1. The Bertz CT molecular complexity index is 525. The lowest BCUT2D eigenvalue weighted by Gasteiger charge is -2.03. The van der Waals surface area contributed by atoms with Gasteiger partial charge in [0.1, 0.15) is 15.8 Å². The molecule has 1 aromatic rings. The summed E-state index contributed by atoms with van der Waals surface area (Å²) in [6.45, 7) is 0. The summed E-state index contributed by atoms with van der Waals surface area (Å²) in [6, 6.07) is 4.81. The first-order valence-electron chi connectivity index (χ1n) is 4.72. The standard InChI is InChI=1S/C11H9NO3S2/c1-15-7-2-3-8(13)6(4-7)5-9-10(14)12-11(16)17-9/h2-5,13H,1H3,(H,12,14,16). The van der Waals surface area contributed by atoms with Crippen molar-refractivity contribution in [1.82, 2.24) is 5.32 Å². The zero-order chi connectivity index (χ0) is 12.4. The van der Waals surface area contributed by atoms with Gasteiger partial charge in [-0.15, -0.1) is 0 Å². The number of nitrogens with one attached hydrogen (secondary N) is 1. The van der Waals surface area contributed by atoms with Crippen LogP contribution in [0.1, 0.15) is 5.56 Å². The molecule has 1 aliphatic heterocycles. The van der Waals surface area contributed by atoms with E-state index in [-0.39, 0.29) is 11.7 Å². The zero-order valence-corrected chi connectivity index (χ0v) is 10.5. The SMILES string of the molecule is COc1ccc(O)c(C=C2SC(=S)NC2=O)c1. The minimum Gasteiger partial charge on any atom is -0.507 e. The topological polar surface area (TPSA) is 58.6 Å². The molecule has 1 heterocycles. The van der Waals surface area contributed by atoms with E-state index in [2.05, 4.69) is 5.32 Å². The van der Waals surface area contributed by atoms with Crippen LogP contribution in [0.2, 0.25) is 0 Å².